The van der Waals surface area contributed by atoms with Gasteiger partial charge in [-0.3, -0.25) is 20.1 Å². The molecular weight excluding hydrogens is 378 g/mol. The highest BCUT2D eigenvalue weighted by atomic mass is 32.1. The fourth-order valence-electron chi connectivity index (χ4n) is 3.19. The zero-order chi connectivity index (χ0) is 20.1. The molecule has 3 rings (SSSR count). The molecule has 28 heavy (non-hydrogen) atoms. The minimum atomic E-state index is -0.996. The number of imide groups is 1. The van der Waals surface area contributed by atoms with E-state index in [2.05, 4.69) is 27.9 Å². The van der Waals surface area contributed by atoms with E-state index in [1.165, 1.54) is 11.3 Å². The minimum absolute atomic E-state index is 0.108. The first kappa shape index (κ1) is 20.1. The van der Waals surface area contributed by atoms with Crippen LogP contribution >= 0.6 is 11.3 Å². The molecule has 2 aromatic heterocycles. The largest absolute Gasteiger partial charge is 0.344 e. The molecule has 1 fully saturated rings. The fourth-order valence-corrected chi connectivity index (χ4v) is 3.88. The molecule has 1 aliphatic rings. The van der Waals surface area contributed by atoms with Gasteiger partial charge >= 0.3 is 6.03 Å². The van der Waals surface area contributed by atoms with Gasteiger partial charge in [0.05, 0.1) is 10.6 Å². The molecule has 2 aromatic rings. The summed E-state index contributed by atoms with van der Waals surface area (Å²) in [6.45, 7) is 3.84. The molecule has 1 atom stereocenters. The Kier molecular flexibility index (Phi) is 6.13. The average Bonchev–Trinajstić information content (AvgIpc) is 3.39. The Morgan fingerprint density at radius 1 is 1.29 bits per heavy atom. The highest BCUT2D eigenvalue weighted by molar-refractivity contribution is 7.13. The van der Waals surface area contributed by atoms with Crippen LogP contribution < -0.4 is 10.7 Å². The number of amides is 4. The van der Waals surface area contributed by atoms with Gasteiger partial charge in [0.1, 0.15) is 5.54 Å². The van der Waals surface area contributed by atoms with Crippen molar-refractivity contribution in [2.45, 2.75) is 57.9 Å². The van der Waals surface area contributed by atoms with Crippen molar-refractivity contribution in [3.63, 3.8) is 0 Å². The molecule has 3 heterocycles. The second-order valence-corrected chi connectivity index (χ2v) is 8.10. The molecule has 0 spiro atoms. The van der Waals surface area contributed by atoms with Crippen LogP contribution in [0.5, 0.6) is 0 Å². The van der Waals surface area contributed by atoms with Crippen molar-refractivity contribution >= 4 is 29.2 Å². The van der Waals surface area contributed by atoms with Crippen LogP contribution in [-0.4, -0.2) is 38.6 Å². The van der Waals surface area contributed by atoms with Gasteiger partial charge in [-0.2, -0.15) is 10.1 Å². The molecule has 1 unspecified atom stereocenters. The number of carbonyl (C=O) groups excluding carboxylic acids is 3. The number of nitrogens with one attached hydrogen (secondary N) is 3. The van der Waals surface area contributed by atoms with Gasteiger partial charge in [0.2, 0.25) is 0 Å². The van der Waals surface area contributed by atoms with Crippen molar-refractivity contribution in [1.82, 2.24) is 25.9 Å². The summed E-state index contributed by atoms with van der Waals surface area (Å²) < 4.78 is 0. The topological polar surface area (TPSA) is 107 Å². The second-order valence-electron chi connectivity index (χ2n) is 7.15. The molecule has 0 radical (unpaired) electrons. The summed E-state index contributed by atoms with van der Waals surface area (Å²) in [6, 6.07) is 4.77. The minimum Gasteiger partial charge on any atom is -0.322 e. The van der Waals surface area contributed by atoms with Crippen LogP contribution in [0.4, 0.5) is 4.79 Å². The predicted octanol–water partition coefficient (Wildman–Crippen LogP) is 3.45. The highest BCUT2D eigenvalue weighted by Gasteiger charge is 2.48. The number of urea groups is 1. The summed E-state index contributed by atoms with van der Waals surface area (Å²) in [5.41, 5.74) is 2.19. The molecule has 150 valence electrons. The molecule has 0 aliphatic carbocycles. The summed E-state index contributed by atoms with van der Waals surface area (Å²) in [7, 11) is 0. The zero-order valence-electron chi connectivity index (χ0n) is 16.1. The Balaban J connectivity index is 1.60. The summed E-state index contributed by atoms with van der Waals surface area (Å²) in [5, 5.41) is 12.2. The van der Waals surface area contributed by atoms with Crippen LogP contribution in [0.3, 0.4) is 0 Å². The molecular formula is C19H25N5O3S. The Bertz CT molecular complexity index is 848. The fraction of sp³-hybridized carbons (Fsp3) is 0.474. The summed E-state index contributed by atoms with van der Waals surface area (Å²) in [5.74, 6) is -1.06. The molecule has 1 saturated heterocycles. The number of rotatable bonds is 9. The molecule has 3 N–H and O–H groups in total. The van der Waals surface area contributed by atoms with Crippen LogP contribution in [-0.2, 0) is 4.79 Å². The lowest BCUT2D eigenvalue weighted by Crippen LogP contribution is -2.48. The van der Waals surface area contributed by atoms with E-state index < -0.39 is 23.4 Å². The first-order valence-corrected chi connectivity index (χ1v) is 10.4. The van der Waals surface area contributed by atoms with Gasteiger partial charge in [0.15, 0.2) is 5.69 Å². The molecule has 0 aromatic carbocycles. The van der Waals surface area contributed by atoms with E-state index in [0.29, 0.717) is 12.1 Å². The molecule has 9 heteroatoms. The van der Waals surface area contributed by atoms with Crippen molar-refractivity contribution in [3.8, 4) is 10.6 Å². The van der Waals surface area contributed by atoms with Gasteiger partial charge in [-0.25, -0.2) is 4.79 Å². The lowest BCUT2D eigenvalue weighted by atomic mass is 9.94. The maximum absolute atomic E-state index is 12.7. The molecule has 0 bridgehead atoms. The van der Waals surface area contributed by atoms with E-state index in [1.54, 1.807) is 13.0 Å². The number of nitrogens with zero attached hydrogens (tertiary/aromatic N) is 2. The van der Waals surface area contributed by atoms with Gasteiger partial charge < -0.3 is 5.32 Å². The number of thiophene rings is 1. The number of carbonyl (C=O) groups is 3. The van der Waals surface area contributed by atoms with E-state index in [9.17, 15) is 14.4 Å². The number of hydrogen-bond donors (Lipinski definition) is 3. The number of H-pyrrole nitrogens is 1. The van der Waals surface area contributed by atoms with Crippen LogP contribution in [0.15, 0.2) is 23.6 Å². The number of hydrazine groups is 1. The van der Waals surface area contributed by atoms with E-state index in [-0.39, 0.29) is 5.69 Å². The van der Waals surface area contributed by atoms with Crippen LogP contribution in [0.2, 0.25) is 0 Å². The first-order chi connectivity index (χ1) is 13.4. The van der Waals surface area contributed by atoms with E-state index in [1.807, 2.05) is 17.5 Å². The van der Waals surface area contributed by atoms with Crippen LogP contribution in [0, 0.1) is 0 Å². The number of unbranched alkanes of at least 4 members (excludes halogenated alkanes) is 4. The van der Waals surface area contributed by atoms with Gasteiger partial charge in [-0.05, 0) is 30.9 Å². The standard InChI is InChI=1S/C19H25N5O3S/c1-3-4-5-6-7-10-19(2)17(26)24(18(27)20-19)23-16(25)14-12-13(21-22-14)15-9-8-11-28-15/h8-9,11-12H,3-7,10H2,1-2H3,(H,20,27)(H,21,22)(H,23,25). The number of hydrogen-bond acceptors (Lipinski definition) is 5. The normalized spacial score (nSPS) is 19.1. The maximum Gasteiger partial charge on any atom is 0.344 e. The second kappa shape index (κ2) is 8.55. The van der Waals surface area contributed by atoms with Crippen LogP contribution in [0.1, 0.15) is 62.9 Å². The summed E-state index contributed by atoms with van der Waals surface area (Å²) in [6.07, 6.45) is 5.81. The van der Waals surface area contributed by atoms with Gasteiger partial charge in [-0.1, -0.05) is 45.1 Å². The number of aromatic amines is 1. The van der Waals surface area contributed by atoms with Crippen molar-refractivity contribution in [2.75, 3.05) is 0 Å². The SMILES string of the molecule is CCCCCCCC1(C)NC(=O)N(NC(=O)c2cc(-c3cccs3)[nH]n2)C1=O. The van der Waals surface area contributed by atoms with Gasteiger partial charge in [-0.15, -0.1) is 11.3 Å². The van der Waals surface area contributed by atoms with Gasteiger partial charge in [0.25, 0.3) is 11.8 Å². The quantitative estimate of drug-likeness (QED) is 0.440. The molecule has 4 amide bonds. The van der Waals surface area contributed by atoms with Crippen LogP contribution in [0.25, 0.3) is 10.6 Å². The average molecular weight is 404 g/mol. The van der Waals surface area contributed by atoms with E-state index in [4.69, 9.17) is 0 Å². The Morgan fingerprint density at radius 3 is 2.79 bits per heavy atom. The van der Waals surface area contributed by atoms with E-state index in [0.717, 1.165) is 42.0 Å². The predicted molar refractivity (Wildman–Crippen MR) is 107 cm³/mol. The monoisotopic (exact) mass is 403 g/mol. The third-order valence-corrected chi connectivity index (χ3v) is 5.75. The summed E-state index contributed by atoms with van der Waals surface area (Å²) in [4.78, 5) is 38.4. The third kappa shape index (κ3) is 4.24. The lowest BCUT2D eigenvalue weighted by molar-refractivity contribution is -0.132. The van der Waals surface area contributed by atoms with Gasteiger partial charge in [0, 0.05) is 0 Å². The first-order valence-electron chi connectivity index (χ1n) is 9.51. The molecule has 1 aliphatic heterocycles. The molecule has 8 nitrogen and oxygen atoms in total. The smallest absolute Gasteiger partial charge is 0.322 e. The number of aromatic nitrogens is 2. The van der Waals surface area contributed by atoms with Crippen molar-refractivity contribution < 1.29 is 14.4 Å². The van der Waals surface area contributed by atoms with Crippen molar-refractivity contribution in [3.05, 3.63) is 29.3 Å². The summed E-state index contributed by atoms with van der Waals surface area (Å²) >= 11 is 1.52. The Morgan fingerprint density at radius 2 is 2.07 bits per heavy atom. The highest BCUT2D eigenvalue weighted by Crippen LogP contribution is 2.25. The van der Waals surface area contributed by atoms with E-state index >= 15 is 0 Å². The van der Waals surface area contributed by atoms with Crippen molar-refractivity contribution in [2.24, 2.45) is 0 Å². The molecule has 0 saturated carbocycles. The Hall–Kier alpha value is -2.68. The Labute approximate surface area is 167 Å². The lowest BCUT2D eigenvalue weighted by Gasteiger charge is -2.21. The third-order valence-electron chi connectivity index (χ3n) is 4.85. The van der Waals surface area contributed by atoms with Crippen molar-refractivity contribution in [1.29, 1.82) is 0 Å². The zero-order valence-corrected chi connectivity index (χ0v) is 16.9. The maximum atomic E-state index is 12.7.